The van der Waals surface area contributed by atoms with E-state index in [1.54, 1.807) is 24.3 Å². The van der Waals surface area contributed by atoms with E-state index >= 15 is 0 Å². The fourth-order valence-corrected chi connectivity index (χ4v) is 3.24. The van der Waals surface area contributed by atoms with E-state index in [0.717, 1.165) is 22.6 Å². The third kappa shape index (κ3) is 5.09. The molecule has 0 amide bonds. The summed E-state index contributed by atoms with van der Waals surface area (Å²) < 4.78 is 44.4. The second-order valence-corrected chi connectivity index (χ2v) is 7.45. The molecule has 1 unspecified atom stereocenters. The van der Waals surface area contributed by atoms with Crippen LogP contribution in [0.1, 0.15) is 23.1 Å². The molecular weight excluding hydrogens is 421 g/mol. The highest BCUT2D eigenvalue weighted by atomic mass is 19.4. The van der Waals surface area contributed by atoms with Crippen LogP contribution < -0.4 is 10.1 Å². The Bertz CT molecular complexity index is 1090. The zero-order valence-corrected chi connectivity index (χ0v) is 17.0. The Kier molecular flexibility index (Phi) is 6.16. The first-order valence-corrected chi connectivity index (χ1v) is 9.98. The number of para-hydroxylation sites is 1. The molecule has 1 atom stereocenters. The summed E-state index contributed by atoms with van der Waals surface area (Å²) in [6.45, 7) is 1.19. The highest BCUT2D eigenvalue weighted by Gasteiger charge is 2.60. The van der Waals surface area contributed by atoms with E-state index in [4.69, 9.17) is 4.74 Å². The van der Waals surface area contributed by atoms with E-state index in [9.17, 15) is 18.3 Å². The molecule has 0 saturated carbocycles. The smallest absolute Gasteiger partial charge is 0.457 e. The van der Waals surface area contributed by atoms with Crippen LogP contribution in [0, 0.1) is 0 Å². The van der Waals surface area contributed by atoms with Crippen molar-refractivity contribution in [3.05, 3.63) is 95.6 Å². The first kappa shape index (κ1) is 21.9. The van der Waals surface area contributed by atoms with Gasteiger partial charge in [0.15, 0.2) is 0 Å². The van der Waals surface area contributed by atoms with E-state index < -0.39 is 18.4 Å². The Morgan fingerprint density at radius 1 is 0.906 bits per heavy atom. The summed E-state index contributed by atoms with van der Waals surface area (Å²) in [4.78, 5) is 4.26. The lowest BCUT2D eigenvalue weighted by atomic mass is 10.0. The van der Waals surface area contributed by atoms with Gasteiger partial charge in [-0.25, -0.2) is 0 Å². The Hall–Kier alpha value is -3.36. The highest BCUT2D eigenvalue weighted by molar-refractivity contribution is 6.01. The summed E-state index contributed by atoms with van der Waals surface area (Å²) in [6, 6.07) is 24.2. The van der Waals surface area contributed by atoms with Crippen LogP contribution in [0.3, 0.4) is 0 Å². The number of halogens is 3. The molecule has 0 aliphatic carbocycles. The summed E-state index contributed by atoms with van der Waals surface area (Å²) in [7, 11) is 0. The van der Waals surface area contributed by atoms with E-state index in [0.29, 0.717) is 18.7 Å². The van der Waals surface area contributed by atoms with Gasteiger partial charge >= 0.3 is 12.0 Å². The number of oxime groups is 1. The van der Waals surface area contributed by atoms with Crippen molar-refractivity contribution in [1.29, 1.82) is 0 Å². The molecule has 1 aliphatic heterocycles. The van der Waals surface area contributed by atoms with E-state index in [2.05, 4.69) is 15.3 Å². The minimum atomic E-state index is -4.91. The maximum Gasteiger partial charge on any atom is 0.458 e. The molecular formula is C24H21F3N2O3. The summed E-state index contributed by atoms with van der Waals surface area (Å²) in [5, 5.41) is 16.3. The van der Waals surface area contributed by atoms with Gasteiger partial charge in [-0.05, 0) is 41.0 Å². The van der Waals surface area contributed by atoms with Gasteiger partial charge < -0.3 is 20.0 Å². The fourth-order valence-electron chi connectivity index (χ4n) is 3.24. The minimum Gasteiger partial charge on any atom is -0.457 e. The molecule has 3 aromatic rings. The van der Waals surface area contributed by atoms with Gasteiger partial charge in [0.25, 0.3) is 0 Å². The molecule has 3 aromatic carbocycles. The van der Waals surface area contributed by atoms with Gasteiger partial charge in [0.05, 0.1) is 12.1 Å². The number of nitrogens with one attached hydrogen (secondary N) is 1. The van der Waals surface area contributed by atoms with Gasteiger partial charge in [0.2, 0.25) is 0 Å². The number of benzene rings is 3. The van der Waals surface area contributed by atoms with Gasteiger partial charge in [0.1, 0.15) is 11.5 Å². The van der Waals surface area contributed by atoms with Crippen molar-refractivity contribution < 1.29 is 27.9 Å². The zero-order valence-electron chi connectivity index (χ0n) is 17.0. The lowest BCUT2D eigenvalue weighted by Gasteiger charge is -2.22. The van der Waals surface area contributed by atoms with Crippen LogP contribution in [0.15, 0.2) is 84.0 Å². The average molecular weight is 442 g/mol. The standard InChI is InChI=1S/C24H21F3N2O3/c25-24(26,27)23(30)14-22(29-32-23)19-11-9-17(10-12-19)15-28-16-18-5-4-8-21(13-18)31-20-6-2-1-3-7-20/h1-13,28,30H,14-16H2. The predicted octanol–water partition coefficient (Wildman–Crippen LogP) is 5.14. The zero-order chi connectivity index (χ0) is 22.6. The molecule has 5 nitrogen and oxygen atoms in total. The molecule has 0 bridgehead atoms. The monoisotopic (exact) mass is 442 g/mol. The quantitative estimate of drug-likeness (QED) is 0.532. The normalized spacial score (nSPS) is 18.2. The molecule has 8 heteroatoms. The number of hydrogen-bond acceptors (Lipinski definition) is 5. The van der Waals surface area contributed by atoms with Crippen molar-refractivity contribution in [2.45, 2.75) is 31.5 Å². The van der Waals surface area contributed by atoms with Crippen LogP contribution in [-0.2, 0) is 17.9 Å². The predicted molar refractivity (Wildman–Crippen MR) is 113 cm³/mol. The maximum atomic E-state index is 12.8. The molecule has 4 rings (SSSR count). The van der Waals surface area contributed by atoms with Crippen molar-refractivity contribution >= 4 is 5.71 Å². The summed E-state index contributed by atoms with van der Waals surface area (Å²) in [6.07, 6.45) is -5.65. The van der Waals surface area contributed by atoms with Gasteiger partial charge in [0, 0.05) is 13.1 Å². The lowest BCUT2D eigenvalue weighted by molar-refractivity contribution is -0.355. The molecule has 0 fully saturated rings. The Morgan fingerprint density at radius 2 is 1.59 bits per heavy atom. The van der Waals surface area contributed by atoms with Crippen LogP contribution in [0.2, 0.25) is 0 Å². The fraction of sp³-hybridized carbons (Fsp3) is 0.208. The average Bonchev–Trinajstić information content (AvgIpc) is 3.19. The molecule has 1 heterocycles. The summed E-state index contributed by atoms with van der Waals surface area (Å²) >= 11 is 0. The summed E-state index contributed by atoms with van der Waals surface area (Å²) in [5.41, 5.74) is 2.54. The Morgan fingerprint density at radius 3 is 2.28 bits per heavy atom. The molecule has 0 aromatic heterocycles. The summed E-state index contributed by atoms with van der Waals surface area (Å²) in [5.74, 6) is -1.75. The van der Waals surface area contributed by atoms with Gasteiger partial charge in [-0.3, -0.25) is 0 Å². The number of alkyl halides is 3. The van der Waals surface area contributed by atoms with Gasteiger partial charge in [-0.1, -0.05) is 59.8 Å². The van der Waals surface area contributed by atoms with Crippen molar-refractivity contribution in [2.75, 3.05) is 0 Å². The number of aliphatic hydroxyl groups is 1. The highest BCUT2D eigenvalue weighted by Crippen LogP contribution is 2.38. The van der Waals surface area contributed by atoms with Gasteiger partial charge in [-0.2, -0.15) is 13.2 Å². The molecule has 2 N–H and O–H groups in total. The first-order valence-electron chi connectivity index (χ1n) is 9.98. The van der Waals surface area contributed by atoms with Crippen molar-refractivity contribution in [3.63, 3.8) is 0 Å². The van der Waals surface area contributed by atoms with E-state index in [1.165, 1.54) is 0 Å². The lowest BCUT2D eigenvalue weighted by Crippen LogP contribution is -2.45. The van der Waals surface area contributed by atoms with E-state index in [-0.39, 0.29) is 5.71 Å². The van der Waals surface area contributed by atoms with E-state index in [1.807, 2.05) is 54.6 Å². The molecule has 32 heavy (non-hydrogen) atoms. The largest absolute Gasteiger partial charge is 0.458 e. The molecule has 0 radical (unpaired) electrons. The SMILES string of the molecule is OC1(C(F)(F)F)CC(c2ccc(CNCc3cccc(Oc4ccccc4)c3)cc2)=NO1. The Balaban J connectivity index is 1.30. The Labute approximate surface area is 183 Å². The molecule has 166 valence electrons. The van der Waals surface area contributed by atoms with Crippen molar-refractivity contribution in [3.8, 4) is 11.5 Å². The number of nitrogens with zero attached hydrogens (tertiary/aromatic N) is 1. The first-order chi connectivity index (χ1) is 15.3. The second kappa shape index (κ2) is 9.02. The van der Waals surface area contributed by atoms with Crippen LogP contribution in [0.5, 0.6) is 11.5 Å². The van der Waals surface area contributed by atoms with Crippen molar-refractivity contribution in [2.24, 2.45) is 5.16 Å². The number of rotatable bonds is 7. The minimum absolute atomic E-state index is 0.0552. The van der Waals surface area contributed by atoms with Crippen LogP contribution in [-0.4, -0.2) is 22.8 Å². The van der Waals surface area contributed by atoms with Gasteiger partial charge in [-0.15, -0.1) is 0 Å². The molecule has 1 aliphatic rings. The van der Waals surface area contributed by atoms with Crippen LogP contribution in [0.25, 0.3) is 0 Å². The number of ether oxygens (including phenoxy) is 1. The number of hydrogen-bond donors (Lipinski definition) is 2. The maximum absolute atomic E-state index is 12.8. The molecule has 0 saturated heterocycles. The third-order valence-electron chi connectivity index (χ3n) is 4.98. The second-order valence-electron chi connectivity index (χ2n) is 7.45. The van der Waals surface area contributed by atoms with Crippen molar-refractivity contribution in [1.82, 2.24) is 5.32 Å². The van der Waals surface area contributed by atoms with Crippen LogP contribution in [0.4, 0.5) is 13.2 Å². The molecule has 0 spiro atoms. The topological polar surface area (TPSA) is 63.1 Å². The van der Waals surface area contributed by atoms with Crippen LogP contribution >= 0.6 is 0 Å². The third-order valence-corrected chi connectivity index (χ3v) is 4.98.